The van der Waals surface area contributed by atoms with Crippen LogP contribution in [-0.2, 0) is 4.74 Å². The first-order valence-corrected chi connectivity index (χ1v) is 6.30. The fourth-order valence-electron chi connectivity index (χ4n) is 2.76. The Labute approximate surface area is 93.0 Å². The third-order valence-electron chi connectivity index (χ3n) is 4.11. The van der Waals surface area contributed by atoms with E-state index in [4.69, 9.17) is 10.5 Å². The van der Waals surface area contributed by atoms with Crippen molar-refractivity contribution in [1.82, 2.24) is 4.90 Å². The Morgan fingerprint density at radius 3 is 2.47 bits per heavy atom. The minimum Gasteiger partial charge on any atom is -0.374 e. The van der Waals surface area contributed by atoms with Gasteiger partial charge in [0.25, 0.3) is 0 Å². The largest absolute Gasteiger partial charge is 0.374 e. The zero-order valence-corrected chi connectivity index (χ0v) is 9.98. The quantitative estimate of drug-likeness (QED) is 0.765. The van der Waals surface area contributed by atoms with Gasteiger partial charge in [0.15, 0.2) is 0 Å². The van der Waals surface area contributed by atoms with Crippen molar-refractivity contribution in [2.24, 2.45) is 5.73 Å². The van der Waals surface area contributed by atoms with E-state index in [1.165, 1.54) is 32.1 Å². The predicted octanol–water partition coefficient (Wildman–Crippen LogP) is 1.37. The molecule has 2 fully saturated rings. The number of nitrogens with two attached hydrogens (primary N) is 1. The van der Waals surface area contributed by atoms with Gasteiger partial charge >= 0.3 is 0 Å². The van der Waals surface area contributed by atoms with E-state index in [1.807, 2.05) is 0 Å². The number of hydrogen-bond acceptors (Lipinski definition) is 3. The van der Waals surface area contributed by atoms with Crippen LogP contribution in [0.5, 0.6) is 0 Å². The van der Waals surface area contributed by atoms with Crippen molar-refractivity contribution in [2.75, 3.05) is 13.6 Å². The summed E-state index contributed by atoms with van der Waals surface area (Å²) in [6.45, 7) is 2.89. The van der Waals surface area contributed by atoms with E-state index in [1.54, 1.807) is 0 Å². The Kier molecular flexibility index (Phi) is 3.65. The molecule has 0 aromatic heterocycles. The maximum Gasteiger partial charge on any atom is 0.0747 e. The molecule has 0 radical (unpaired) electrons. The lowest BCUT2D eigenvalue weighted by molar-refractivity contribution is -0.0192. The van der Waals surface area contributed by atoms with Gasteiger partial charge in [-0.1, -0.05) is 6.42 Å². The third-order valence-corrected chi connectivity index (χ3v) is 4.11. The molecule has 2 rings (SSSR count). The second-order valence-electron chi connectivity index (χ2n) is 5.12. The zero-order valence-electron chi connectivity index (χ0n) is 9.98. The van der Waals surface area contributed by atoms with Crippen LogP contribution in [0.2, 0.25) is 0 Å². The normalized spacial score (nSPS) is 34.4. The summed E-state index contributed by atoms with van der Waals surface area (Å²) in [7, 11) is 2.22. The molecule has 0 aromatic carbocycles. The second kappa shape index (κ2) is 4.81. The van der Waals surface area contributed by atoms with E-state index in [9.17, 15) is 0 Å². The summed E-state index contributed by atoms with van der Waals surface area (Å²) in [5.74, 6) is 0. The van der Waals surface area contributed by atoms with Gasteiger partial charge in [-0.2, -0.15) is 0 Å². The van der Waals surface area contributed by atoms with Crippen LogP contribution in [0.25, 0.3) is 0 Å². The van der Waals surface area contributed by atoms with Crippen LogP contribution in [0.15, 0.2) is 0 Å². The van der Waals surface area contributed by atoms with Crippen LogP contribution in [-0.4, -0.2) is 42.8 Å². The third kappa shape index (κ3) is 2.35. The van der Waals surface area contributed by atoms with E-state index < -0.39 is 0 Å². The molecule has 0 amide bonds. The highest BCUT2D eigenvalue weighted by atomic mass is 16.5. The van der Waals surface area contributed by atoms with Crippen LogP contribution in [0.3, 0.4) is 0 Å². The average molecular weight is 212 g/mol. The molecule has 3 unspecified atom stereocenters. The molecule has 2 aliphatic rings. The van der Waals surface area contributed by atoms with E-state index in [-0.39, 0.29) is 0 Å². The Bertz CT molecular complexity index is 204. The summed E-state index contributed by atoms with van der Waals surface area (Å²) in [5.41, 5.74) is 5.89. The minimum atomic E-state index is 0.371. The van der Waals surface area contributed by atoms with Gasteiger partial charge in [0.2, 0.25) is 0 Å². The smallest absolute Gasteiger partial charge is 0.0747 e. The molecular formula is C12H24N2O. The first kappa shape index (κ1) is 11.4. The topological polar surface area (TPSA) is 38.5 Å². The first-order chi connectivity index (χ1) is 7.22. The van der Waals surface area contributed by atoms with Gasteiger partial charge in [0.1, 0.15) is 0 Å². The lowest BCUT2D eigenvalue weighted by atomic mass is 9.90. The number of nitrogens with zero attached hydrogens (tertiary/aromatic N) is 1. The van der Waals surface area contributed by atoms with Crippen LogP contribution in [0.4, 0.5) is 0 Å². The van der Waals surface area contributed by atoms with Crippen molar-refractivity contribution in [1.29, 1.82) is 0 Å². The maximum absolute atomic E-state index is 5.93. The first-order valence-electron chi connectivity index (χ1n) is 6.30. The van der Waals surface area contributed by atoms with E-state index in [2.05, 4.69) is 18.9 Å². The highest BCUT2D eigenvalue weighted by molar-refractivity contribution is 4.89. The summed E-state index contributed by atoms with van der Waals surface area (Å²) in [4.78, 5) is 2.46. The summed E-state index contributed by atoms with van der Waals surface area (Å²) in [6, 6.07) is 1.19. The molecule has 1 aliphatic heterocycles. The van der Waals surface area contributed by atoms with Gasteiger partial charge in [-0.15, -0.1) is 0 Å². The SMILES string of the molecule is CC1CCC(C(CN)N(C)C2CCC2)O1. The molecule has 0 bridgehead atoms. The molecule has 15 heavy (non-hydrogen) atoms. The maximum atomic E-state index is 5.93. The predicted molar refractivity (Wildman–Crippen MR) is 61.8 cm³/mol. The van der Waals surface area contributed by atoms with Crippen LogP contribution < -0.4 is 5.73 Å². The fourth-order valence-corrected chi connectivity index (χ4v) is 2.76. The highest BCUT2D eigenvalue weighted by Gasteiger charge is 2.35. The summed E-state index contributed by atoms with van der Waals surface area (Å²) >= 11 is 0. The van der Waals surface area contributed by atoms with E-state index >= 15 is 0 Å². The minimum absolute atomic E-state index is 0.371. The highest BCUT2D eigenvalue weighted by Crippen LogP contribution is 2.29. The summed E-state index contributed by atoms with van der Waals surface area (Å²) in [6.07, 6.45) is 7.24. The number of rotatable bonds is 4. The Hall–Kier alpha value is -0.120. The van der Waals surface area contributed by atoms with Gasteiger partial charge in [-0.05, 0) is 39.7 Å². The Morgan fingerprint density at radius 2 is 2.07 bits per heavy atom. The van der Waals surface area contributed by atoms with Crippen LogP contribution >= 0.6 is 0 Å². The van der Waals surface area contributed by atoms with E-state index in [0.717, 1.165) is 12.6 Å². The molecule has 0 spiro atoms. The summed E-state index contributed by atoms with van der Waals surface area (Å²) in [5, 5.41) is 0. The Balaban J connectivity index is 1.90. The molecule has 3 atom stereocenters. The van der Waals surface area contributed by atoms with Crippen molar-refractivity contribution in [3.63, 3.8) is 0 Å². The lowest BCUT2D eigenvalue weighted by Gasteiger charge is -2.41. The monoisotopic (exact) mass is 212 g/mol. The Morgan fingerprint density at radius 1 is 1.33 bits per heavy atom. The number of ether oxygens (including phenoxy) is 1. The molecular weight excluding hydrogens is 188 g/mol. The zero-order chi connectivity index (χ0) is 10.8. The average Bonchev–Trinajstić information content (AvgIpc) is 2.50. The van der Waals surface area contributed by atoms with Crippen molar-refractivity contribution in [2.45, 2.75) is 63.3 Å². The fraction of sp³-hybridized carbons (Fsp3) is 1.00. The van der Waals surface area contributed by atoms with Crippen molar-refractivity contribution in [3.05, 3.63) is 0 Å². The van der Waals surface area contributed by atoms with Gasteiger partial charge in [-0.3, -0.25) is 4.90 Å². The molecule has 0 aromatic rings. The molecule has 1 saturated heterocycles. The summed E-state index contributed by atoms with van der Waals surface area (Å²) < 4.78 is 5.93. The molecule has 2 N–H and O–H groups in total. The standard InChI is InChI=1S/C12H24N2O/c1-9-6-7-12(15-9)11(8-13)14(2)10-4-3-5-10/h9-12H,3-8,13H2,1-2H3. The molecule has 1 heterocycles. The van der Waals surface area contributed by atoms with Gasteiger partial charge < -0.3 is 10.5 Å². The van der Waals surface area contributed by atoms with Crippen molar-refractivity contribution >= 4 is 0 Å². The number of hydrogen-bond donors (Lipinski definition) is 1. The lowest BCUT2D eigenvalue weighted by Crippen LogP contribution is -2.52. The number of likely N-dealkylation sites (N-methyl/N-ethyl adjacent to an activating group) is 1. The van der Waals surface area contributed by atoms with Crippen LogP contribution in [0.1, 0.15) is 39.0 Å². The molecule has 1 aliphatic carbocycles. The van der Waals surface area contributed by atoms with Gasteiger partial charge in [0, 0.05) is 18.6 Å². The van der Waals surface area contributed by atoms with E-state index in [0.29, 0.717) is 18.2 Å². The van der Waals surface area contributed by atoms with Crippen molar-refractivity contribution < 1.29 is 4.74 Å². The van der Waals surface area contributed by atoms with Crippen LogP contribution in [0, 0.1) is 0 Å². The molecule has 3 heteroatoms. The molecule has 88 valence electrons. The van der Waals surface area contributed by atoms with Gasteiger partial charge in [-0.25, -0.2) is 0 Å². The van der Waals surface area contributed by atoms with Gasteiger partial charge in [0.05, 0.1) is 12.2 Å². The molecule has 3 nitrogen and oxygen atoms in total. The van der Waals surface area contributed by atoms with Crippen molar-refractivity contribution in [3.8, 4) is 0 Å². The second-order valence-corrected chi connectivity index (χ2v) is 5.12. The molecule has 1 saturated carbocycles.